The maximum atomic E-state index is 12.4. The van der Waals surface area contributed by atoms with E-state index in [9.17, 15) is 22.9 Å². The first kappa shape index (κ1) is 42.3. The van der Waals surface area contributed by atoms with Gasteiger partial charge in [-0.15, -0.1) is 0 Å². The second kappa shape index (κ2) is 31.3. The third-order valence-corrected chi connectivity index (χ3v) is 7.54. The van der Waals surface area contributed by atoms with Crippen molar-refractivity contribution in [3.63, 3.8) is 0 Å². The normalized spacial score (nSPS) is 14.7. The van der Waals surface area contributed by atoms with Crippen molar-refractivity contribution >= 4 is 16.0 Å². The van der Waals surface area contributed by atoms with E-state index in [0.29, 0.717) is 12.8 Å². The van der Waals surface area contributed by atoms with Crippen LogP contribution >= 0.6 is 0 Å². The van der Waals surface area contributed by atoms with Gasteiger partial charge in [0.15, 0.2) is 0 Å². The van der Waals surface area contributed by atoms with Gasteiger partial charge in [-0.3, -0.25) is 9.35 Å². The van der Waals surface area contributed by atoms with Crippen molar-refractivity contribution in [1.29, 1.82) is 0 Å². The molecule has 0 rings (SSSR count). The van der Waals surface area contributed by atoms with Crippen molar-refractivity contribution in [3.05, 3.63) is 97.2 Å². The van der Waals surface area contributed by atoms with E-state index in [0.717, 1.165) is 51.4 Å². The zero-order valence-corrected chi connectivity index (χ0v) is 28.8. The number of aliphatic hydroxyl groups is 1. The number of nitrogens with one attached hydrogen (secondary N) is 1. The van der Waals surface area contributed by atoms with Gasteiger partial charge in [-0.25, -0.2) is 0 Å². The van der Waals surface area contributed by atoms with Crippen LogP contribution in [-0.2, 0) is 14.9 Å². The third kappa shape index (κ3) is 32.5. The molecule has 0 aromatic rings. The Bertz CT molecular complexity index is 1060. The summed E-state index contributed by atoms with van der Waals surface area (Å²) in [6.07, 6.45) is 46.9. The second-order valence-corrected chi connectivity index (χ2v) is 12.5. The van der Waals surface area contributed by atoms with E-state index in [1.807, 2.05) is 12.2 Å². The molecule has 0 aliphatic rings. The minimum atomic E-state index is -4.38. The lowest BCUT2D eigenvalue weighted by molar-refractivity contribution is -0.122. The van der Waals surface area contributed by atoms with Crippen molar-refractivity contribution in [2.75, 3.05) is 5.75 Å². The molecule has 0 fully saturated rings. The number of allylic oxidation sites excluding steroid dienone is 15. The summed E-state index contributed by atoms with van der Waals surface area (Å²) in [4.78, 5) is 12.4. The maximum absolute atomic E-state index is 12.4. The van der Waals surface area contributed by atoms with Gasteiger partial charge in [-0.05, 0) is 70.6 Å². The number of rotatable bonds is 28. The summed E-state index contributed by atoms with van der Waals surface area (Å²) in [5, 5.41) is 13.0. The topological polar surface area (TPSA) is 104 Å². The summed E-state index contributed by atoms with van der Waals surface area (Å²) in [7, 11) is -4.38. The zero-order valence-electron chi connectivity index (χ0n) is 27.9. The van der Waals surface area contributed by atoms with Gasteiger partial charge in [0.2, 0.25) is 5.91 Å². The first-order valence-electron chi connectivity index (χ1n) is 16.9. The van der Waals surface area contributed by atoms with Crippen molar-refractivity contribution in [2.24, 2.45) is 0 Å². The molecule has 2 atom stereocenters. The van der Waals surface area contributed by atoms with Gasteiger partial charge in [0, 0.05) is 6.42 Å². The summed E-state index contributed by atoms with van der Waals surface area (Å²) in [5.74, 6) is -1.13. The second-order valence-electron chi connectivity index (χ2n) is 11.0. The van der Waals surface area contributed by atoms with Crippen LogP contribution in [0.3, 0.4) is 0 Å². The molecule has 0 spiro atoms. The fourth-order valence-corrected chi connectivity index (χ4v) is 4.98. The van der Waals surface area contributed by atoms with Gasteiger partial charge < -0.3 is 10.4 Å². The average molecular weight is 644 g/mol. The lowest BCUT2D eigenvalue weighted by Gasteiger charge is -2.20. The van der Waals surface area contributed by atoms with E-state index < -0.39 is 28.0 Å². The predicted molar refractivity (Wildman–Crippen MR) is 193 cm³/mol. The van der Waals surface area contributed by atoms with Crippen LogP contribution in [0.15, 0.2) is 97.2 Å². The fraction of sp³-hybridized carbons (Fsp3) is 0.553. The Morgan fingerprint density at radius 2 is 1.09 bits per heavy atom. The summed E-state index contributed by atoms with van der Waals surface area (Å²) >= 11 is 0. The van der Waals surface area contributed by atoms with Crippen LogP contribution in [0.2, 0.25) is 0 Å². The zero-order chi connectivity index (χ0) is 33.3. The smallest absolute Gasteiger partial charge is 0.267 e. The molecule has 1 amide bonds. The Balaban J connectivity index is 4.25. The summed E-state index contributed by atoms with van der Waals surface area (Å²) < 4.78 is 32.2. The molecule has 254 valence electrons. The quantitative estimate of drug-likeness (QED) is 0.0448. The highest BCUT2D eigenvalue weighted by atomic mass is 32.2. The fourth-order valence-electron chi connectivity index (χ4n) is 4.25. The molecule has 0 bridgehead atoms. The van der Waals surface area contributed by atoms with E-state index in [1.54, 1.807) is 6.08 Å². The van der Waals surface area contributed by atoms with E-state index in [2.05, 4.69) is 92.1 Å². The number of unbranched alkanes of at least 4 members (excludes halogenated alkanes) is 6. The number of amides is 1. The minimum Gasteiger partial charge on any atom is -0.387 e. The molecule has 3 N–H and O–H groups in total. The number of carbonyl (C=O) groups is 1. The minimum absolute atomic E-state index is 0.157. The van der Waals surface area contributed by atoms with Crippen molar-refractivity contribution in [2.45, 2.75) is 129 Å². The average Bonchev–Trinajstić information content (AvgIpc) is 3.00. The van der Waals surface area contributed by atoms with Crippen LogP contribution in [0.25, 0.3) is 0 Å². The van der Waals surface area contributed by atoms with Gasteiger partial charge in [-0.2, -0.15) is 8.42 Å². The van der Waals surface area contributed by atoms with Crippen molar-refractivity contribution in [1.82, 2.24) is 5.32 Å². The summed E-state index contributed by atoms with van der Waals surface area (Å²) in [5.41, 5.74) is 0. The van der Waals surface area contributed by atoms with E-state index >= 15 is 0 Å². The van der Waals surface area contributed by atoms with Crippen LogP contribution in [0, 0.1) is 0 Å². The lowest BCUT2D eigenvalue weighted by atomic mass is 10.1. The number of aliphatic hydroxyl groups excluding tert-OH is 1. The molecule has 7 heteroatoms. The molecule has 2 unspecified atom stereocenters. The Morgan fingerprint density at radius 3 is 1.62 bits per heavy atom. The van der Waals surface area contributed by atoms with Crippen LogP contribution < -0.4 is 5.32 Å². The molecule has 0 saturated heterocycles. The van der Waals surface area contributed by atoms with Gasteiger partial charge >= 0.3 is 0 Å². The van der Waals surface area contributed by atoms with Crippen LogP contribution in [0.1, 0.15) is 117 Å². The molecule has 6 nitrogen and oxygen atoms in total. The van der Waals surface area contributed by atoms with Gasteiger partial charge in [-0.1, -0.05) is 137 Å². The van der Waals surface area contributed by atoms with Gasteiger partial charge in [0.05, 0.1) is 17.9 Å². The molecule has 0 aliphatic heterocycles. The maximum Gasteiger partial charge on any atom is 0.267 e. The third-order valence-electron chi connectivity index (χ3n) is 6.76. The van der Waals surface area contributed by atoms with E-state index in [-0.39, 0.29) is 12.3 Å². The molecule has 0 aromatic heterocycles. The first-order chi connectivity index (χ1) is 21.8. The SMILES string of the molecule is CC/C=C\C/C=C\C/C=C\C/C=C\C/C=C\C/C=C\CCC(=O)NC(CS(=O)(=O)O)C(O)/C=C/CC/C=C/CCCCCCC. The standard InChI is InChI=1S/C38H61NO5S/c1-3-5-7-9-11-13-15-16-17-18-19-20-21-22-24-26-28-30-32-34-38(41)39-36(35-45(42,43)44)37(40)33-31-29-27-25-23-14-12-10-8-6-4-2/h5,7,11,13,16-17,19-20,22-25,28,30-31,33,36-37,40H,3-4,6,8-10,12,14-15,18,21,26-27,29,32,34-35H2,1-2H3,(H,39,41)(H,42,43,44)/b7-5-,13-11-,17-16-,20-19-,24-22-,25-23+,30-28-,33-31+. The number of hydrogen-bond acceptors (Lipinski definition) is 4. The highest BCUT2D eigenvalue weighted by Crippen LogP contribution is 2.07. The van der Waals surface area contributed by atoms with E-state index in [4.69, 9.17) is 0 Å². The van der Waals surface area contributed by atoms with Gasteiger partial charge in [0.25, 0.3) is 10.1 Å². The van der Waals surface area contributed by atoms with Crippen LogP contribution in [-0.4, -0.2) is 41.9 Å². The Hall–Kier alpha value is -2.74. The van der Waals surface area contributed by atoms with Crippen LogP contribution in [0.4, 0.5) is 0 Å². The summed E-state index contributed by atoms with van der Waals surface area (Å²) in [6.45, 7) is 4.34. The van der Waals surface area contributed by atoms with Crippen molar-refractivity contribution < 1.29 is 22.9 Å². The Morgan fingerprint density at radius 1 is 0.622 bits per heavy atom. The van der Waals surface area contributed by atoms with Crippen molar-refractivity contribution in [3.8, 4) is 0 Å². The number of carbonyl (C=O) groups excluding carboxylic acids is 1. The lowest BCUT2D eigenvalue weighted by Crippen LogP contribution is -2.46. The molecule has 0 saturated carbocycles. The van der Waals surface area contributed by atoms with Crippen LogP contribution in [0.5, 0.6) is 0 Å². The monoisotopic (exact) mass is 643 g/mol. The molecule has 45 heavy (non-hydrogen) atoms. The molecule has 0 aliphatic carbocycles. The highest BCUT2D eigenvalue weighted by molar-refractivity contribution is 7.85. The predicted octanol–water partition coefficient (Wildman–Crippen LogP) is 9.45. The molecular formula is C38H61NO5S. The molecule has 0 heterocycles. The van der Waals surface area contributed by atoms with Gasteiger partial charge in [0.1, 0.15) is 0 Å². The Kier molecular flexibility index (Phi) is 29.3. The Labute approximate surface area is 275 Å². The largest absolute Gasteiger partial charge is 0.387 e. The molecule has 0 radical (unpaired) electrons. The molecule has 0 aromatic carbocycles. The molecular weight excluding hydrogens is 582 g/mol. The summed E-state index contributed by atoms with van der Waals surface area (Å²) in [6, 6.07) is -1.12. The first-order valence-corrected chi connectivity index (χ1v) is 18.5. The highest BCUT2D eigenvalue weighted by Gasteiger charge is 2.24. The number of hydrogen-bond donors (Lipinski definition) is 3. The van der Waals surface area contributed by atoms with E-state index in [1.165, 1.54) is 38.2 Å².